The van der Waals surface area contributed by atoms with Gasteiger partial charge in [-0.05, 0) is 151 Å². The molecule has 8 N–H and O–H groups in total. The molecular formula is C63H68BrCl2N15O9S3. The van der Waals surface area contributed by atoms with Crippen molar-refractivity contribution in [3.8, 4) is 34.5 Å². The number of likely N-dealkylation sites (tertiary alicyclic amines) is 2. The van der Waals surface area contributed by atoms with E-state index in [1.54, 1.807) is 29.6 Å². The molecule has 3 saturated heterocycles. The van der Waals surface area contributed by atoms with Crippen molar-refractivity contribution in [1.82, 2.24) is 58.7 Å². The monoisotopic (exact) mass is 1420 g/mol. The molecule has 12 heterocycles. The zero-order valence-electron chi connectivity index (χ0n) is 50.5. The third-order valence-corrected chi connectivity index (χ3v) is 22.0. The Morgan fingerprint density at radius 1 is 0.581 bits per heavy atom. The van der Waals surface area contributed by atoms with Crippen LogP contribution in [0.4, 0.5) is 17.5 Å². The number of aliphatic hydroxyl groups is 1. The minimum atomic E-state index is -0.434. The minimum absolute atomic E-state index is 0.205. The van der Waals surface area contributed by atoms with Crippen LogP contribution in [0.1, 0.15) is 38.5 Å². The van der Waals surface area contributed by atoms with Gasteiger partial charge in [-0.2, -0.15) is 0 Å². The Kier molecular flexibility index (Phi) is 20.2. The van der Waals surface area contributed by atoms with E-state index in [4.69, 9.17) is 88.9 Å². The molecule has 0 bridgehead atoms. The fourth-order valence-corrected chi connectivity index (χ4v) is 16.2. The molecule has 93 heavy (non-hydrogen) atoms. The minimum Gasteiger partial charge on any atom is -0.486 e. The highest BCUT2D eigenvalue weighted by Gasteiger charge is 2.29. The highest BCUT2D eigenvalue weighted by atomic mass is 79.9. The molecule has 6 aliphatic heterocycles. The van der Waals surface area contributed by atoms with Gasteiger partial charge in [0.2, 0.25) is 12.3 Å². The second-order valence-electron chi connectivity index (χ2n) is 23.0. The summed E-state index contributed by atoms with van der Waals surface area (Å²) in [5.74, 6) is 6.74. The summed E-state index contributed by atoms with van der Waals surface area (Å²) in [6, 6.07) is 17.1. The van der Waals surface area contributed by atoms with Crippen molar-refractivity contribution < 1.29 is 43.1 Å². The molecule has 0 spiro atoms. The molecule has 9 aromatic rings. The molecule has 15 rings (SSSR count). The fraction of sp³-hybridized carbons (Fsp3) is 0.397. The molecule has 0 radical (unpaired) electrons. The Morgan fingerprint density at radius 3 is 1.42 bits per heavy atom. The molecule has 3 aromatic carbocycles. The largest absolute Gasteiger partial charge is 0.486 e. The van der Waals surface area contributed by atoms with E-state index in [9.17, 15) is 9.59 Å². The molecule has 3 unspecified atom stereocenters. The molecule has 6 aliphatic rings. The fourth-order valence-electron chi connectivity index (χ4n) is 12.2. The summed E-state index contributed by atoms with van der Waals surface area (Å²) in [5, 5.41) is 16.2. The number of imidazole rings is 3. The number of carbonyl (C=O) groups is 2. The van der Waals surface area contributed by atoms with Crippen LogP contribution in [0.2, 0.25) is 10.0 Å². The molecule has 3 atom stereocenters. The van der Waals surface area contributed by atoms with Crippen molar-refractivity contribution in [2.45, 2.75) is 88.3 Å². The Hall–Kier alpha value is -7.31. The first-order chi connectivity index (χ1) is 45.3. The third kappa shape index (κ3) is 14.5. The van der Waals surface area contributed by atoms with Gasteiger partial charge in [-0.1, -0.05) is 35.0 Å². The number of rotatable bonds is 17. The Morgan fingerprint density at radius 2 is 0.989 bits per heavy atom. The van der Waals surface area contributed by atoms with Crippen LogP contribution in [0.3, 0.4) is 0 Å². The summed E-state index contributed by atoms with van der Waals surface area (Å²) in [7, 11) is 0. The van der Waals surface area contributed by atoms with Crippen molar-refractivity contribution in [3.05, 3.63) is 87.7 Å². The topological polar surface area (TPSA) is 298 Å². The van der Waals surface area contributed by atoms with E-state index in [0.717, 1.165) is 153 Å². The van der Waals surface area contributed by atoms with Crippen molar-refractivity contribution in [2.24, 2.45) is 17.8 Å². The summed E-state index contributed by atoms with van der Waals surface area (Å²) in [4.78, 5) is 56.1. The maximum atomic E-state index is 11.8. The molecule has 6 aromatic heterocycles. The highest BCUT2D eigenvalue weighted by molar-refractivity contribution is 9.10. The number of ether oxygens (including phenoxy) is 6. The van der Waals surface area contributed by atoms with Crippen LogP contribution in [0, 0.1) is 17.8 Å². The summed E-state index contributed by atoms with van der Waals surface area (Å²) < 4.78 is 41.5. The molecule has 488 valence electrons. The molecule has 30 heteroatoms. The van der Waals surface area contributed by atoms with Gasteiger partial charge < -0.3 is 79.5 Å². The first kappa shape index (κ1) is 64.4. The average molecular weight is 1430 g/mol. The number of hydrogen-bond donors (Lipinski definition) is 5. The van der Waals surface area contributed by atoms with Gasteiger partial charge in [-0.3, -0.25) is 9.59 Å². The number of hydrogen-bond acceptors (Lipinski definition) is 22. The zero-order chi connectivity index (χ0) is 64.1. The van der Waals surface area contributed by atoms with Crippen LogP contribution >= 0.6 is 74.4 Å². The lowest BCUT2D eigenvalue weighted by Gasteiger charge is -2.20. The van der Waals surface area contributed by atoms with Crippen molar-refractivity contribution >= 4 is 137 Å². The van der Waals surface area contributed by atoms with Gasteiger partial charge in [-0.25, -0.2) is 29.9 Å². The number of aromatic nitrogens is 9. The van der Waals surface area contributed by atoms with Crippen LogP contribution in [0.15, 0.2) is 108 Å². The van der Waals surface area contributed by atoms with Gasteiger partial charge >= 0.3 is 0 Å². The van der Waals surface area contributed by atoms with Crippen LogP contribution in [-0.2, 0) is 29.2 Å². The number of nitrogens with two attached hydrogens (primary N) is 3. The number of aryl methyl sites for hydroxylation is 3. The number of nitrogens with zero attached hydrogens (tertiary/aromatic N) is 11. The summed E-state index contributed by atoms with van der Waals surface area (Å²) >= 11 is 21.2. The van der Waals surface area contributed by atoms with E-state index in [1.165, 1.54) is 41.7 Å². The van der Waals surface area contributed by atoms with Gasteiger partial charge in [0.15, 0.2) is 67.4 Å². The zero-order valence-corrected chi connectivity index (χ0v) is 56.1. The SMILES string of the molecule is Nc1nccc2c1nc(Sc1cc3c(cc1Br)OCCO3)n2CCC1CCN(C(=O)CO)C1.Nc1nccc2c1nc(Sc1cc3c(cc1Cl)OCCO3)n2CCC1CCN(C=O)C1.Nc1nccc2c1nc(Sc1cc3c(cc1Cl)OCCO3)n2CCC1CCNC1. The lowest BCUT2D eigenvalue weighted by molar-refractivity contribution is -0.133. The standard InChI is InChI=1S/C22H24BrN5O4S.C21H22ClN5O3S.C20H22ClN5O2S/c23-14-9-16-17(32-8-7-31-16)10-18(14)33-22-26-20-15(1-4-25-21(20)24)28(22)6-3-13-2-5-27(11-13)19(30)12-29;22-14-9-16-17(30-8-7-29-16)10-18(14)31-21-25-19-15(1-4-24-20(19)23)27(21)6-3-13-2-5-26(11-13)12-28;21-13-9-15-16(28-8-7-27-15)10-17(13)29-20-25-18-14(2-5-24-19(18)22)26(20)6-3-12-1-4-23-11-12/h1,4,9-10,13,29H,2-3,5-8,11-12H2,(H2,24,25);1,4,9-10,12-13H,2-3,5-8,11H2,(H2,23,24);2,5,9-10,12,23H,1,3-4,6-8,11H2,(H2,22,24). The molecule has 2 amide bonds. The summed E-state index contributed by atoms with van der Waals surface area (Å²) in [6.45, 7) is 10.3. The second-order valence-corrected chi connectivity index (χ2v) is 27.7. The van der Waals surface area contributed by atoms with Gasteiger partial charge in [0.1, 0.15) is 62.8 Å². The Labute approximate surface area is 566 Å². The van der Waals surface area contributed by atoms with Crippen LogP contribution in [0.25, 0.3) is 33.1 Å². The Bertz CT molecular complexity index is 4240. The maximum Gasteiger partial charge on any atom is 0.248 e. The number of halogens is 3. The lowest BCUT2D eigenvalue weighted by Crippen LogP contribution is -2.31. The first-order valence-corrected chi connectivity index (χ1v) is 34.8. The maximum absolute atomic E-state index is 11.8. The van der Waals surface area contributed by atoms with Gasteiger partial charge in [0.25, 0.3) is 0 Å². The van der Waals surface area contributed by atoms with Crippen molar-refractivity contribution in [3.63, 3.8) is 0 Å². The number of anilines is 3. The molecule has 0 saturated carbocycles. The molecule has 24 nitrogen and oxygen atoms in total. The number of benzene rings is 3. The smallest absolute Gasteiger partial charge is 0.248 e. The number of fused-ring (bicyclic) bond motifs is 6. The van der Waals surface area contributed by atoms with E-state index >= 15 is 0 Å². The molecular weight excluding hydrogens is 1360 g/mol. The first-order valence-electron chi connectivity index (χ1n) is 30.8. The van der Waals surface area contributed by atoms with E-state index < -0.39 is 6.61 Å². The van der Waals surface area contributed by atoms with Gasteiger partial charge in [-0.15, -0.1) is 0 Å². The average Bonchev–Trinajstić information content (AvgIpc) is 1.69. The predicted molar refractivity (Wildman–Crippen MR) is 361 cm³/mol. The van der Waals surface area contributed by atoms with E-state index in [0.29, 0.717) is 132 Å². The third-order valence-electron chi connectivity index (χ3n) is 17.1. The lowest BCUT2D eigenvalue weighted by atomic mass is 10.1. The number of nitrogen functional groups attached to an aromatic ring is 3. The highest BCUT2D eigenvalue weighted by Crippen LogP contribution is 2.46. The number of carbonyl (C=O) groups excluding carboxylic acids is 2. The quantitative estimate of drug-likeness (QED) is 0.0530. The van der Waals surface area contributed by atoms with Crippen LogP contribution < -0.4 is 50.9 Å². The van der Waals surface area contributed by atoms with Crippen molar-refractivity contribution in [2.75, 3.05) is 103 Å². The van der Waals surface area contributed by atoms with Gasteiger partial charge in [0, 0.05) is 95.7 Å². The number of aliphatic hydroxyl groups excluding tert-OH is 1. The Balaban J connectivity index is 0.000000127. The van der Waals surface area contributed by atoms with Gasteiger partial charge in [0.05, 0.1) is 26.6 Å². The molecule has 0 aliphatic carbocycles. The van der Waals surface area contributed by atoms with Crippen LogP contribution in [0.5, 0.6) is 34.5 Å². The van der Waals surface area contributed by atoms with Crippen LogP contribution in [-0.4, -0.2) is 156 Å². The summed E-state index contributed by atoms with van der Waals surface area (Å²) in [6.07, 6.45) is 12.1. The second kappa shape index (κ2) is 29.1. The normalized spacial score (nSPS) is 18.0. The van der Waals surface area contributed by atoms with Crippen molar-refractivity contribution in [1.29, 1.82) is 0 Å². The summed E-state index contributed by atoms with van der Waals surface area (Å²) in [5.41, 5.74) is 23.3. The van der Waals surface area contributed by atoms with E-state index in [1.807, 2.05) is 53.4 Å². The number of nitrogens with one attached hydrogen (secondary N) is 1. The van der Waals surface area contributed by atoms with E-state index in [-0.39, 0.29) is 5.91 Å². The molecule has 3 fully saturated rings. The predicted octanol–water partition coefficient (Wildman–Crippen LogP) is 9.98. The number of amides is 2. The van der Waals surface area contributed by atoms with E-state index in [2.05, 4.69) is 49.9 Å². The number of pyridine rings is 3.